The topological polar surface area (TPSA) is 12.0 Å². The van der Waals surface area contributed by atoms with Gasteiger partial charge >= 0.3 is 0 Å². The van der Waals surface area contributed by atoms with Crippen molar-refractivity contribution in [3.63, 3.8) is 0 Å². The highest BCUT2D eigenvalue weighted by Crippen LogP contribution is 2.64. The van der Waals surface area contributed by atoms with Gasteiger partial charge in [0.1, 0.15) is 0 Å². The van der Waals surface area contributed by atoms with Gasteiger partial charge in [-0.15, -0.1) is 0 Å². The Kier molecular flexibility index (Phi) is 3.13. The highest BCUT2D eigenvalue weighted by molar-refractivity contribution is 8.00. The standard InChI is InChI=1S/C12H23NS/c1-9(2)7-13-8-11-6-12(11)4-5-14-10(12)3/h9-11,13H,4-8H2,1-3H3. The van der Waals surface area contributed by atoms with Gasteiger partial charge in [-0.2, -0.15) is 11.8 Å². The zero-order valence-corrected chi connectivity index (χ0v) is 10.5. The van der Waals surface area contributed by atoms with Gasteiger partial charge in [-0.05, 0) is 48.9 Å². The molecular weight excluding hydrogens is 190 g/mol. The maximum Gasteiger partial charge on any atom is 0.00787 e. The van der Waals surface area contributed by atoms with Crippen LogP contribution in [0.2, 0.25) is 0 Å². The van der Waals surface area contributed by atoms with Crippen LogP contribution in [0.15, 0.2) is 0 Å². The normalized spacial score (nSPS) is 41.1. The fraction of sp³-hybridized carbons (Fsp3) is 1.00. The van der Waals surface area contributed by atoms with Gasteiger partial charge in [0.25, 0.3) is 0 Å². The number of hydrogen-bond acceptors (Lipinski definition) is 2. The summed E-state index contributed by atoms with van der Waals surface area (Å²) in [4.78, 5) is 0. The van der Waals surface area contributed by atoms with Crippen molar-refractivity contribution in [1.29, 1.82) is 0 Å². The average Bonchev–Trinajstić information content (AvgIpc) is 2.67. The Morgan fingerprint density at radius 3 is 2.86 bits per heavy atom. The van der Waals surface area contributed by atoms with Crippen LogP contribution in [0.3, 0.4) is 0 Å². The van der Waals surface area contributed by atoms with Crippen molar-refractivity contribution in [2.45, 2.75) is 38.9 Å². The third kappa shape index (κ3) is 1.96. The molecule has 0 aromatic rings. The molecule has 2 aliphatic rings. The minimum atomic E-state index is 0.759. The van der Waals surface area contributed by atoms with Crippen LogP contribution in [-0.2, 0) is 0 Å². The third-order valence-corrected chi connectivity index (χ3v) is 5.38. The van der Waals surface area contributed by atoms with Crippen LogP contribution in [0, 0.1) is 17.3 Å². The first-order valence-corrected chi connectivity index (χ1v) is 7.02. The van der Waals surface area contributed by atoms with E-state index in [1.807, 2.05) is 0 Å². The minimum Gasteiger partial charge on any atom is -0.316 e. The lowest BCUT2D eigenvalue weighted by molar-refractivity contribution is 0.431. The lowest BCUT2D eigenvalue weighted by atomic mass is 9.97. The Morgan fingerprint density at radius 2 is 2.29 bits per heavy atom. The van der Waals surface area contributed by atoms with Crippen molar-refractivity contribution in [2.24, 2.45) is 17.3 Å². The predicted molar refractivity (Wildman–Crippen MR) is 64.8 cm³/mol. The van der Waals surface area contributed by atoms with Gasteiger partial charge in [-0.1, -0.05) is 20.8 Å². The van der Waals surface area contributed by atoms with Gasteiger partial charge in [-0.25, -0.2) is 0 Å². The van der Waals surface area contributed by atoms with E-state index in [1.54, 1.807) is 0 Å². The fourth-order valence-corrected chi connectivity index (χ4v) is 4.41. The Balaban J connectivity index is 1.70. The Bertz CT molecular complexity index is 204. The molecule has 3 atom stereocenters. The van der Waals surface area contributed by atoms with Crippen LogP contribution in [0.4, 0.5) is 0 Å². The van der Waals surface area contributed by atoms with E-state index in [1.165, 1.54) is 31.7 Å². The van der Waals surface area contributed by atoms with E-state index in [-0.39, 0.29) is 0 Å². The molecule has 0 aromatic carbocycles. The molecule has 2 heteroatoms. The van der Waals surface area contributed by atoms with Crippen molar-refractivity contribution < 1.29 is 0 Å². The van der Waals surface area contributed by atoms with Crippen LogP contribution in [0.25, 0.3) is 0 Å². The van der Waals surface area contributed by atoms with E-state index in [0.29, 0.717) is 0 Å². The Labute approximate surface area is 92.4 Å². The van der Waals surface area contributed by atoms with Crippen molar-refractivity contribution in [1.82, 2.24) is 5.32 Å². The molecule has 0 aromatic heterocycles. The molecule has 1 aliphatic heterocycles. The van der Waals surface area contributed by atoms with Gasteiger partial charge in [0.2, 0.25) is 0 Å². The lowest BCUT2D eigenvalue weighted by Crippen LogP contribution is -2.25. The maximum atomic E-state index is 3.61. The van der Waals surface area contributed by atoms with Gasteiger partial charge in [-0.3, -0.25) is 0 Å². The van der Waals surface area contributed by atoms with E-state index in [0.717, 1.165) is 22.5 Å². The second-order valence-corrected chi connectivity index (χ2v) is 6.90. The molecule has 14 heavy (non-hydrogen) atoms. The first-order valence-electron chi connectivity index (χ1n) is 5.97. The van der Waals surface area contributed by atoms with Crippen molar-refractivity contribution in [3.8, 4) is 0 Å². The smallest absolute Gasteiger partial charge is 0.00787 e. The fourth-order valence-electron chi connectivity index (χ4n) is 2.82. The van der Waals surface area contributed by atoms with Crippen LogP contribution in [0.1, 0.15) is 33.6 Å². The SMILES string of the molecule is CC(C)CNCC1CC12CCSC2C. The predicted octanol–water partition coefficient (Wildman–Crippen LogP) is 2.76. The van der Waals surface area contributed by atoms with E-state index >= 15 is 0 Å². The van der Waals surface area contributed by atoms with Crippen LogP contribution in [-0.4, -0.2) is 24.1 Å². The molecule has 3 unspecified atom stereocenters. The summed E-state index contributed by atoms with van der Waals surface area (Å²) in [5.41, 5.74) is 0.759. The summed E-state index contributed by atoms with van der Waals surface area (Å²) < 4.78 is 0. The number of thioether (sulfide) groups is 1. The van der Waals surface area contributed by atoms with E-state index in [2.05, 4.69) is 37.8 Å². The van der Waals surface area contributed by atoms with Gasteiger partial charge in [0.15, 0.2) is 0 Å². The first-order chi connectivity index (χ1) is 6.65. The highest BCUT2D eigenvalue weighted by Gasteiger charge is 2.58. The number of nitrogens with one attached hydrogen (secondary N) is 1. The largest absolute Gasteiger partial charge is 0.316 e. The summed E-state index contributed by atoms with van der Waals surface area (Å²) in [6.07, 6.45) is 2.97. The van der Waals surface area contributed by atoms with Crippen LogP contribution in [0.5, 0.6) is 0 Å². The zero-order valence-electron chi connectivity index (χ0n) is 9.68. The zero-order chi connectivity index (χ0) is 10.2. The second-order valence-electron chi connectivity index (χ2n) is 5.45. The van der Waals surface area contributed by atoms with Gasteiger partial charge in [0.05, 0.1) is 0 Å². The molecule has 2 fully saturated rings. The summed E-state index contributed by atoms with van der Waals surface area (Å²) in [5, 5.41) is 4.53. The molecule has 0 amide bonds. The Morgan fingerprint density at radius 1 is 1.50 bits per heavy atom. The Hall–Kier alpha value is 0.310. The third-order valence-electron chi connectivity index (χ3n) is 3.97. The quantitative estimate of drug-likeness (QED) is 0.770. The first kappa shape index (κ1) is 10.8. The molecule has 2 rings (SSSR count). The summed E-state index contributed by atoms with van der Waals surface area (Å²) >= 11 is 2.18. The van der Waals surface area contributed by atoms with Crippen LogP contribution < -0.4 is 5.32 Å². The minimum absolute atomic E-state index is 0.759. The highest BCUT2D eigenvalue weighted by atomic mass is 32.2. The monoisotopic (exact) mass is 213 g/mol. The van der Waals surface area contributed by atoms with Gasteiger partial charge < -0.3 is 5.32 Å². The molecule has 1 nitrogen and oxygen atoms in total. The summed E-state index contributed by atoms with van der Waals surface area (Å²) in [7, 11) is 0. The summed E-state index contributed by atoms with van der Waals surface area (Å²) in [5.74, 6) is 3.19. The molecular formula is C12H23NS. The molecule has 82 valence electrons. The molecule has 1 spiro atoms. The van der Waals surface area contributed by atoms with Crippen molar-refractivity contribution in [3.05, 3.63) is 0 Å². The lowest BCUT2D eigenvalue weighted by Gasteiger charge is -2.15. The van der Waals surface area contributed by atoms with Gasteiger partial charge in [0, 0.05) is 5.25 Å². The number of hydrogen-bond donors (Lipinski definition) is 1. The number of rotatable bonds is 4. The molecule has 1 N–H and O–H groups in total. The molecule has 1 heterocycles. The molecule has 0 radical (unpaired) electrons. The van der Waals surface area contributed by atoms with Crippen molar-refractivity contribution >= 4 is 11.8 Å². The maximum absolute atomic E-state index is 3.61. The van der Waals surface area contributed by atoms with Crippen LogP contribution >= 0.6 is 11.8 Å². The molecule has 0 bridgehead atoms. The molecule has 1 saturated heterocycles. The van der Waals surface area contributed by atoms with Crippen molar-refractivity contribution in [2.75, 3.05) is 18.8 Å². The van der Waals surface area contributed by atoms with E-state index in [9.17, 15) is 0 Å². The summed E-state index contributed by atoms with van der Waals surface area (Å²) in [6.45, 7) is 9.45. The molecule has 1 aliphatic carbocycles. The second kappa shape index (κ2) is 4.05. The summed E-state index contributed by atoms with van der Waals surface area (Å²) in [6, 6.07) is 0. The molecule has 1 saturated carbocycles. The van der Waals surface area contributed by atoms with E-state index < -0.39 is 0 Å². The van der Waals surface area contributed by atoms with E-state index in [4.69, 9.17) is 0 Å². The average molecular weight is 213 g/mol.